The van der Waals surface area contributed by atoms with E-state index in [1.807, 2.05) is 12.1 Å². The average Bonchev–Trinajstić information content (AvgIpc) is 3.66. The minimum atomic E-state index is -0.587. The smallest absolute Gasteiger partial charge is 0.264 e. The van der Waals surface area contributed by atoms with E-state index in [1.165, 1.54) is 17.4 Å². The summed E-state index contributed by atoms with van der Waals surface area (Å²) in [5, 5.41) is 3.41. The van der Waals surface area contributed by atoms with Crippen molar-refractivity contribution in [2.75, 3.05) is 25.0 Å². The third-order valence-electron chi connectivity index (χ3n) is 6.85. The van der Waals surface area contributed by atoms with Crippen molar-refractivity contribution in [1.82, 2.24) is 14.9 Å². The fourth-order valence-electron chi connectivity index (χ4n) is 4.51. The van der Waals surface area contributed by atoms with E-state index in [0.717, 1.165) is 56.3 Å². The highest BCUT2D eigenvalue weighted by molar-refractivity contribution is 7.17. The maximum Gasteiger partial charge on any atom is 0.264 e. The van der Waals surface area contributed by atoms with Crippen molar-refractivity contribution >= 4 is 29.0 Å². The molecule has 2 aliphatic rings. The maximum atomic E-state index is 13.9. The van der Waals surface area contributed by atoms with Crippen molar-refractivity contribution in [3.63, 3.8) is 0 Å². The molecule has 37 heavy (non-hydrogen) atoms. The van der Waals surface area contributed by atoms with Gasteiger partial charge in [-0.25, -0.2) is 14.4 Å². The number of aromatic nitrogens is 2. The lowest BCUT2D eigenvalue weighted by molar-refractivity contribution is -0.117. The lowest BCUT2D eigenvalue weighted by Crippen LogP contribution is -2.34. The summed E-state index contributed by atoms with van der Waals surface area (Å²) in [5.41, 5.74) is 7.05. The maximum absolute atomic E-state index is 13.9. The van der Waals surface area contributed by atoms with Crippen LogP contribution in [0.15, 0.2) is 42.6 Å². The van der Waals surface area contributed by atoms with Gasteiger partial charge < -0.3 is 15.8 Å². The number of ether oxygens (including phenoxy) is 1. The normalized spacial score (nSPS) is 16.5. The van der Waals surface area contributed by atoms with Crippen LogP contribution < -0.4 is 15.8 Å². The lowest BCUT2D eigenvalue weighted by atomic mass is 9.93. The van der Waals surface area contributed by atoms with Crippen LogP contribution in [0.2, 0.25) is 0 Å². The SMILES string of the molecule is NC(=O)c1sc(-c2ccnc(NC(=O)C3CC3)c2)nc1OCCC1CCN(Cc2ccccc2F)CC1. The molecule has 2 aromatic heterocycles. The number of carbonyl (C=O) groups is 2. The summed E-state index contributed by atoms with van der Waals surface area (Å²) in [6.07, 6.45) is 6.28. The highest BCUT2D eigenvalue weighted by Gasteiger charge is 2.30. The van der Waals surface area contributed by atoms with Crippen molar-refractivity contribution in [3.8, 4) is 16.5 Å². The molecule has 1 saturated heterocycles. The number of rotatable bonds is 10. The zero-order chi connectivity index (χ0) is 25.8. The molecule has 1 aliphatic carbocycles. The Bertz CT molecular complexity index is 1270. The first-order valence-electron chi connectivity index (χ1n) is 12.6. The molecule has 2 amide bonds. The van der Waals surface area contributed by atoms with Gasteiger partial charge in [-0.2, -0.15) is 0 Å². The molecule has 5 rings (SSSR count). The van der Waals surface area contributed by atoms with Gasteiger partial charge in [0.15, 0.2) is 4.88 Å². The molecule has 0 unspecified atom stereocenters. The number of benzene rings is 1. The molecule has 0 radical (unpaired) electrons. The molecule has 3 N–H and O–H groups in total. The van der Waals surface area contributed by atoms with Crippen LogP contribution in [0.1, 0.15) is 47.3 Å². The number of thiazole rings is 1. The number of likely N-dealkylation sites (tertiary alicyclic amines) is 1. The Morgan fingerprint density at radius 2 is 1.95 bits per heavy atom. The molecule has 2 fully saturated rings. The number of anilines is 1. The van der Waals surface area contributed by atoms with E-state index in [9.17, 15) is 14.0 Å². The van der Waals surface area contributed by atoms with Crippen LogP contribution in [-0.4, -0.2) is 46.4 Å². The van der Waals surface area contributed by atoms with Crippen LogP contribution in [-0.2, 0) is 11.3 Å². The van der Waals surface area contributed by atoms with Crippen molar-refractivity contribution in [3.05, 3.63) is 58.9 Å². The summed E-state index contributed by atoms with van der Waals surface area (Å²) < 4.78 is 19.9. The fraction of sp³-hybridized carbons (Fsp3) is 0.407. The molecule has 0 atom stereocenters. The molecule has 1 aromatic carbocycles. The Kier molecular flexibility index (Phi) is 7.76. The molecule has 1 saturated carbocycles. The standard InChI is InChI=1S/C27H30FN5O3S/c28-21-4-2-1-3-20(21)16-33-12-8-17(9-13-33)10-14-36-26-23(24(29)34)37-27(32-26)19-7-11-30-22(15-19)31-25(35)18-5-6-18/h1-4,7,11,15,17-18H,5-6,8-10,12-14,16H2,(H2,29,34)(H,30,31,35). The molecule has 10 heteroatoms. The number of carbonyl (C=O) groups excluding carboxylic acids is 2. The largest absolute Gasteiger partial charge is 0.476 e. The summed E-state index contributed by atoms with van der Waals surface area (Å²) >= 11 is 1.17. The number of hydrogen-bond acceptors (Lipinski definition) is 7. The van der Waals surface area contributed by atoms with Gasteiger partial charge in [0.05, 0.1) is 6.61 Å². The van der Waals surface area contributed by atoms with Crippen LogP contribution in [0.4, 0.5) is 10.2 Å². The van der Waals surface area contributed by atoms with Gasteiger partial charge in [0.2, 0.25) is 11.8 Å². The quantitative estimate of drug-likeness (QED) is 0.406. The zero-order valence-corrected chi connectivity index (χ0v) is 21.3. The summed E-state index contributed by atoms with van der Waals surface area (Å²) in [4.78, 5) is 35.4. The van der Waals surface area contributed by atoms with Crippen molar-refractivity contribution in [2.24, 2.45) is 17.6 Å². The third kappa shape index (κ3) is 6.50. The molecular weight excluding hydrogens is 493 g/mol. The average molecular weight is 524 g/mol. The first kappa shape index (κ1) is 25.3. The predicted octanol–water partition coefficient (Wildman–Crippen LogP) is 4.47. The third-order valence-corrected chi connectivity index (χ3v) is 7.95. The number of nitrogens with one attached hydrogen (secondary N) is 1. The van der Waals surface area contributed by atoms with Gasteiger partial charge in [-0.15, -0.1) is 11.3 Å². The van der Waals surface area contributed by atoms with Crippen molar-refractivity contribution in [2.45, 2.75) is 38.6 Å². The van der Waals surface area contributed by atoms with Crippen LogP contribution in [0.25, 0.3) is 10.6 Å². The van der Waals surface area contributed by atoms with E-state index >= 15 is 0 Å². The fourth-order valence-corrected chi connectivity index (χ4v) is 5.37. The second-order valence-electron chi connectivity index (χ2n) is 9.66. The van der Waals surface area contributed by atoms with Gasteiger partial charge >= 0.3 is 0 Å². The van der Waals surface area contributed by atoms with Gasteiger partial charge in [0.1, 0.15) is 16.6 Å². The number of primary amides is 1. The molecule has 3 aromatic rings. The molecule has 8 nitrogen and oxygen atoms in total. The number of piperidine rings is 1. The Balaban J connectivity index is 1.15. The first-order chi connectivity index (χ1) is 18.0. The van der Waals surface area contributed by atoms with E-state index in [4.69, 9.17) is 10.5 Å². The number of nitrogens with zero attached hydrogens (tertiary/aromatic N) is 3. The van der Waals surface area contributed by atoms with Gasteiger partial charge in [0, 0.05) is 29.8 Å². The molecule has 194 valence electrons. The molecule has 0 spiro atoms. The molecule has 0 bridgehead atoms. The molecular formula is C27H30FN5O3S. The Morgan fingerprint density at radius 3 is 2.68 bits per heavy atom. The minimum absolute atomic E-state index is 0.0244. The Labute approximate surface area is 219 Å². The highest BCUT2D eigenvalue weighted by atomic mass is 32.1. The Morgan fingerprint density at radius 1 is 1.16 bits per heavy atom. The topological polar surface area (TPSA) is 110 Å². The monoisotopic (exact) mass is 523 g/mol. The zero-order valence-electron chi connectivity index (χ0n) is 20.5. The van der Waals surface area contributed by atoms with Gasteiger partial charge in [-0.3, -0.25) is 14.5 Å². The van der Waals surface area contributed by atoms with Crippen LogP contribution in [0, 0.1) is 17.7 Å². The number of amides is 2. The van der Waals surface area contributed by atoms with Crippen LogP contribution in [0.5, 0.6) is 5.88 Å². The van der Waals surface area contributed by atoms with Crippen molar-refractivity contribution in [1.29, 1.82) is 0 Å². The van der Waals surface area contributed by atoms with Crippen LogP contribution >= 0.6 is 11.3 Å². The lowest BCUT2D eigenvalue weighted by Gasteiger charge is -2.32. The first-order valence-corrected chi connectivity index (χ1v) is 13.4. The van der Waals surface area contributed by atoms with Crippen molar-refractivity contribution < 1.29 is 18.7 Å². The van der Waals surface area contributed by atoms with E-state index in [0.29, 0.717) is 29.9 Å². The van der Waals surface area contributed by atoms with Gasteiger partial charge in [-0.05, 0) is 69.3 Å². The van der Waals surface area contributed by atoms with E-state index in [1.54, 1.807) is 24.4 Å². The molecule has 3 heterocycles. The number of nitrogens with two attached hydrogens (primary N) is 1. The minimum Gasteiger partial charge on any atom is -0.476 e. The number of halogens is 1. The molecule has 1 aliphatic heterocycles. The predicted molar refractivity (Wildman–Crippen MR) is 140 cm³/mol. The van der Waals surface area contributed by atoms with Gasteiger partial charge in [-0.1, -0.05) is 18.2 Å². The number of pyridine rings is 1. The highest BCUT2D eigenvalue weighted by Crippen LogP contribution is 2.34. The summed E-state index contributed by atoms with van der Waals surface area (Å²) in [5.74, 6) is 0.492. The second kappa shape index (κ2) is 11.4. The van der Waals surface area contributed by atoms with E-state index < -0.39 is 5.91 Å². The summed E-state index contributed by atoms with van der Waals surface area (Å²) in [6, 6.07) is 10.4. The van der Waals surface area contributed by atoms with Crippen LogP contribution in [0.3, 0.4) is 0 Å². The Hall–Kier alpha value is -3.37. The van der Waals surface area contributed by atoms with E-state index in [2.05, 4.69) is 20.2 Å². The second-order valence-corrected chi connectivity index (χ2v) is 10.7. The van der Waals surface area contributed by atoms with E-state index in [-0.39, 0.29) is 28.4 Å². The summed E-state index contributed by atoms with van der Waals surface area (Å²) in [6.45, 7) is 2.88. The number of hydrogen-bond donors (Lipinski definition) is 2. The van der Waals surface area contributed by atoms with Gasteiger partial charge in [0.25, 0.3) is 5.91 Å². The summed E-state index contributed by atoms with van der Waals surface area (Å²) in [7, 11) is 0.